The van der Waals surface area contributed by atoms with E-state index in [1.165, 1.54) is 12.1 Å². The smallest absolute Gasteiger partial charge is 0.237 e. The summed E-state index contributed by atoms with van der Waals surface area (Å²) in [7, 11) is -3.20. The maximum absolute atomic E-state index is 11.6. The molecule has 1 aromatic rings. The van der Waals surface area contributed by atoms with Crippen LogP contribution in [0.25, 0.3) is 0 Å². The molecule has 1 rings (SSSR count). The summed E-state index contributed by atoms with van der Waals surface area (Å²) in [6.45, 7) is 2.05. The molecular weight excluding hydrogens is 264 g/mol. The Bertz CT molecular complexity index is 585. The van der Waals surface area contributed by atoms with Gasteiger partial charge in [0.15, 0.2) is 9.84 Å². The van der Waals surface area contributed by atoms with E-state index in [9.17, 15) is 13.2 Å². The van der Waals surface area contributed by atoms with Crippen molar-refractivity contribution < 1.29 is 13.2 Å². The predicted octanol–water partition coefficient (Wildman–Crippen LogP) is 1.26. The maximum Gasteiger partial charge on any atom is 0.237 e. The number of sulfone groups is 1. The first-order chi connectivity index (χ1) is 8.88. The van der Waals surface area contributed by atoms with Crippen LogP contribution in [0.5, 0.6) is 0 Å². The predicted molar refractivity (Wildman–Crippen MR) is 70.8 cm³/mol. The molecule has 1 amide bonds. The highest BCUT2D eigenvalue weighted by Crippen LogP contribution is 2.10. The van der Waals surface area contributed by atoms with Crippen molar-refractivity contribution in [1.82, 2.24) is 5.32 Å². The van der Waals surface area contributed by atoms with Gasteiger partial charge in [0, 0.05) is 12.8 Å². The van der Waals surface area contributed by atoms with Gasteiger partial charge in [0.1, 0.15) is 5.92 Å². The molecule has 0 fully saturated rings. The Kier molecular flexibility index (Phi) is 5.07. The van der Waals surface area contributed by atoms with Crippen molar-refractivity contribution in [2.45, 2.75) is 24.8 Å². The van der Waals surface area contributed by atoms with Gasteiger partial charge in [0.05, 0.1) is 11.0 Å². The zero-order chi connectivity index (χ0) is 14.5. The molecule has 19 heavy (non-hydrogen) atoms. The second kappa shape index (κ2) is 6.34. The molecule has 1 atom stereocenters. The number of nitriles is 1. The van der Waals surface area contributed by atoms with Crippen LogP contribution in [-0.4, -0.2) is 20.6 Å². The SMILES string of the molecule is CCC(C#N)C(=O)NCc1ccc(S(C)(=O)=O)cc1. The van der Waals surface area contributed by atoms with Crippen molar-refractivity contribution >= 4 is 15.7 Å². The van der Waals surface area contributed by atoms with Gasteiger partial charge >= 0.3 is 0 Å². The fourth-order valence-corrected chi connectivity index (χ4v) is 2.13. The van der Waals surface area contributed by atoms with Crippen LogP contribution >= 0.6 is 0 Å². The Morgan fingerprint density at radius 3 is 2.37 bits per heavy atom. The van der Waals surface area contributed by atoms with Crippen molar-refractivity contribution in [2.24, 2.45) is 5.92 Å². The molecule has 0 bridgehead atoms. The second-order valence-electron chi connectivity index (χ2n) is 4.22. The molecule has 1 aromatic carbocycles. The van der Waals surface area contributed by atoms with Gasteiger partial charge in [0.2, 0.25) is 5.91 Å². The van der Waals surface area contributed by atoms with Crippen LogP contribution in [-0.2, 0) is 21.2 Å². The largest absolute Gasteiger partial charge is 0.351 e. The summed E-state index contributed by atoms with van der Waals surface area (Å²) >= 11 is 0. The third kappa shape index (κ3) is 4.38. The maximum atomic E-state index is 11.6. The summed E-state index contributed by atoms with van der Waals surface area (Å²) in [6.07, 6.45) is 1.61. The van der Waals surface area contributed by atoms with Crippen LogP contribution in [0, 0.1) is 17.2 Å². The number of amides is 1. The molecule has 0 saturated carbocycles. The van der Waals surface area contributed by atoms with E-state index in [4.69, 9.17) is 5.26 Å². The highest BCUT2D eigenvalue weighted by atomic mass is 32.2. The number of nitrogens with one attached hydrogen (secondary N) is 1. The highest BCUT2D eigenvalue weighted by Gasteiger charge is 2.14. The molecule has 0 spiro atoms. The summed E-state index contributed by atoms with van der Waals surface area (Å²) in [5.41, 5.74) is 0.786. The first kappa shape index (κ1) is 15.2. The minimum atomic E-state index is -3.20. The van der Waals surface area contributed by atoms with Gasteiger partial charge in [0.25, 0.3) is 0 Å². The Balaban J connectivity index is 2.65. The van der Waals surface area contributed by atoms with E-state index < -0.39 is 15.8 Å². The normalized spacial score (nSPS) is 12.5. The Morgan fingerprint density at radius 2 is 1.95 bits per heavy atom. The second-order valence-corrected chi connectivity index (χ2v) is 6.24. The van der Waals surface area contributed by atoms with E-state index in [-0.39, 0.29) is 17.3 Å². The molecule has 0 aliphatic heterocycles. The van der Waals surface area contributed by atoms with Crippen LogP contribution in [0.1, 0.15) is 18.9 Å². The molecule has 0 heterocycles. The van der Waals surface area contributed by atoms with E-state index in [1.807, 2.05) is 6.07 Å². The number of carbonyl (C=O) groups is 1. The highest BCUT2D eigenvalue weighted by molar-refractivity contribution is 7.90. The number of benzene rings is 1. The van der Waals surface area contributed by atoms with Crippen LogP contribution < -0.4 is 5.32 Å². The lowest BCUT2D eigenvalue weighted by Crippen LogP contribution is -2.29. The van der Waals surface area contributed by atoms with Crippen LogP contribution in [0.3, 0.4) is 0 Å². The minimum Gasteiger partial charge on any atom is -0.351 e. The summed E-state index contributed by atoms with van der Waals surface area (Å²) in [6, 6.07) is 8.21. The molecule has 6 heteroatoms. The molecule has 0 aliphatic carbocycles. The fraction of sp³-hybridized carbons (Fsp3) is 0.385. The average Bonchev–Trinajstić information content (AvgIpc) is 2.37. The molecule has 1 N–H and O–H groups in total. The molecular formula is C13H16N2O3S. The van der Waals surface area contributed by atoms with Crippen molar-refractivity contribution in [3.8, 4) is 6.07 Å². The zero-order valence-electron chi connectivity index (χ0n) is 10.9. The number of rotatable bonds is 5. The molecule has 5 nitrogen and oxygen atoms in total. The summed E-state index contributed by atoms with van der Waals surface area (Å²) in [5.74, 6) is -0.951. The lowest BCUT2D eigenvalue weighted by atomic mass is 10.1. The summed E-state index contributed by atoms with van der Waals surface area (Å²) < 4.78 is 22.5. The first-order valence-electron chi connectivity index (χ1n) is 5.84. The standard InChI is InChI=1S/C13H16N2O3S/c1-3-11(8-14)13(16)15-9-10-4-6-12(7-5-10)19(2,17)18/h4-7,11H,3,9H2,1-2H3,(H,15,16). The molecule has 0 saturated heterocycles. The number of hydrogen-bond acceptors (Lipinski definition) is 4. The van der Waals surface area contributed by atoms with Crippen LogP contribution in [0.2, 0.25) is 0 Å². The zero-order valence-corrected chi connectivity index (χ0v) is 11.7. The molecule has 0 aromatic heterocycles. The first-order valence-corrected chi connectivity index (χ1v) is 7.74. The topological polar surface area (TPSA) is 87.0 Å². The van der Waals surface area contributed by atoms with Crippen molar-refractivity contribution in [3.63, 3.8) is 0 Å². The van der Waals surface area contributed by atoms with Gasteiger partial charge in [-0.2, -0.15) is 5.26 Å². The van der Waals surface area contributed by atoms with E-state index >= 15 is 0 Å². The van der Waals surface area contributed by atoms with Gasteiger partial charge in [-0.1, -0.05) is 19.1 Å². The minimum absolute atomic E-state index is 0.242. The van der Waals surface area contributed by atoms with Crippen molar-refractivity contribution in [1.29, 1.82) is 5.26 Å². The fourth-order valence-electron chi connectivity index (χ4n) is 1.50. The number of nitrogens with zero attached hydrogens (tertiary/aromatic N) is 1. The molecule has 1 unspecified atom stereocenters. The van der Waals surface area contributed by atoms with Crippen molar-refractivity contribution in [2.75, 3.05) is 6.26 Å². The van der Waals surface area contributed by atoms with Crippen LogP contribution in [0.4, 0.5) is 0 Å². The van der Waals surface area contributed by atoms with Gasteiger partial charge in [-0.05, 0) is 24.1 Å². The third-order valence-electron chi connectivity index (χ3n) is 2.70. The van der Waals surface area contributed by atoms with Crippen molar-refractivity contribution in [3.05, 3.63) is 29.8 Å². The Morgan fingerprint density at radius 1 is 1.37 bits per heavy atom. The molecule has 102 valence electrons. The van der Waals surface area contributed by atoms with E-state index in [0.29, 0.717) is 6.42 Å². The van der Waals surface area contributed by atoms with Gasteiger partial charge in [-0.3, -0.25) is 4.79 Å². The van der Waals surface area contributed by atoms with Crippen LogP contribution in [0.15, 0.2) is 29.2 Å². The quantitative estimate of drug-likeness (QED) is 0.879. The molecule has 0 aliphatic rings. The van der Waals surface area contributed by atoms with Gasteiger partial charge < -0.3 is 5.32 Å². The summed E-state index contributed by atoms with van der Waals surface area (Å²) in [4.78, 5) is 11.8. The summed E-state index contributed by atoms with van der Waals surface area (Å²) in [5, 5.41) is 11.4. The lowest BCUT2D eigenvalue weighted by molar-refractivity contribution is -0.123. The van der Waals surface area contributed by atoms with Gasteiger partial charge in [-0.25, -0.2) is 8.42 Å². The Labute approximate surface area is 113 Å². The monoisotopic (exact) mass is 280 g/mol. The lowest BCUT2D eigenvalue weighted by Gasteiger charge is -2.08. The molecule has 0 radical (unpaired) electrons. The third-order valence-corrected chi connectivity index (χ3v) is 3.83. The van der Waals surface area contributed by atoms with E-state index in [2.05, 4.69) is 5.32 Å². The average molecular weight is 280 g/mol. The van der Waals surface area contributed by atoms with Gasteiger partial charge in [-0.15, -0.1) is 0 Å². The Hall–Kier alpha value is -1.87. The number of carbonyl (C=O) groups excluding carboxylic acids is 1. The van der Waals surface area contributed by atoms with E-state index in [1.54, 1.807) is 19.1 Å². The number of hydrogen-bond donors (Lipinski definition) is 1. The van der Waals surface area contributed by atoms with E-state index in [0.717, 1.165) is 11.8 Å².